The van der Waals surface area contributed by atoms with Crippen LogP contribution >= 0.6 is 0 Å². The van der Waals surface area contributed by atoms with Gasteiger partial charge in [0.2, 0.25) is 6.10 Å². The summed E-state index contributed by atoms with van der Waals surface area (Å²) in [6.45, 7) is 5.64. The van der Waals surface area contributed by atoms with Crippen LogP contribution in [0.4, 0.5) is 0 Å². The second kappa shape index (κ2) is 6.91. The minimum Gasteiger partial charge on any atom is -0.453 e. The van der Waals surface area contributed by atoms with E-state index in [9.17, 15) is 4.79 Å². The van der Waals surface area contributed by atoms with Gasteiger partial charge in [0.15, 0.2) is 0 Å². The second-order valence-electron chi connectivity index (χ2n) is 5.30. The van der Waals surface area contributed by atoms with Gasteiger partial charge in [-0.25, -0.2) is 0 Å². The molecule has 114 valence electrons. The molecule has 0 saturated heterocycles. The highest BCUT2D eigenvalue weighted by Gasteiger charge is 2.48. The molecule has 0 aliphatic carbocycles. The van der Waals surface area contributed by atoms with Gasteiger partial charge >= 0.3 is 11.8 Å². The van der Waals surface area contributed by atoms with Crippen LogP contribution in [0.5, 0.6) is 0 Å². The van der Waals surface area contributed by atoms with E-state index in [0.29, 0.717) is 12.2 Å². The monoisotopic (exact) mass is 298 g/mol. The molecule has 2 atom stereocenters. The van der Waals surface area contributed by atoms with E-state index in [1.54, 1.807) is 31.2 Å². The zero-order chi connectivity index (χ0) is 16.0. The van der Waals surface area contributed by atoms with Crippen LogP contribution in [0.3, 0.4) is 0 Å². The molecule has 2 aliphatic rings. The Bertz CT molecular complexity index is 646. The summed E-state index contributed by atoms with van der Waals surface area (Å²) in [5, 5.41) is 0. The van der Waals surface area contributed by atoms with Crippen LogP contribution in [0, 0.1) is 29.6 Å². The summed E-state index contributed by atoms with van der Waals surface area (Å²) < 4.78 is 16.7. The maximum atomic E-state index is 11.8. The minimum atomic E-state index is -1.11. The lowest BCUT2D eigenvalue weighted by Gasteiger charge is -2.28. The summed E-state index contributed by atoms with van der Waals surface area (Å²) >= 11 is 0. The van der Waals surface area contributed by atoms with E-state index in [0.717, 1.165) is 0 Å². The summed E-state index contributed by atoms with van der Waals surface area (Å²) in [7, 11) is 0. The zero-order valence-electron chi connectivity index (χ0n) is 12.9. The molecule has 0 aromatic rings. The lowest BCUT2D eigenvalue weighted by molar-refractivity contribution is -0.191. The lowest BCUT2D eigenvalue weighted by Crippen LogP contribution is -2.41. The van der Waals surface area contributed by atoms with Gasteiger partial charge in [0.1, 0.15) is 5.76 Å². The first-order valence-corrected chi connectivity index (χ1v) is 7.10. The molecule has 0 radical (unpaired) electrons. The van der Waals surface area contributed by atoms with E-state index < -0.39 is 11.9 Å². The van der Waals surface area contributed by atoms with Crippen LogP contribution < -0.4 is 0 Å². The summed E-state index contributed by atoms with van der Waals surface area (Å²) in [6.07, 6.45) is 7.96. The van der Waals surface area contributed by atoms with Gasteiger partial charge in [-0.3, -0.25) is 4.79 Å². The number of carbonyl (C=O) groups is 1. The fourth-order valence-corrected chi connectivity index (χ4v) is 2.01. The number of ether oxygens (including phenoxy) is 3. The largest absolute Gasteiger partial charge is 0.453 e. The average Bonchev–Trinajstić information content (AvgIpc) is 3.03. The number of carbonyl (C=O) groups excluding carboxylic acids is 1. The molecular weight excluding hydrogens is 280 g/mol. The molecule has 1 spiro atoms. The molecule has 0 fully saturated rings. The summed E-state index contributed by atoms with van der Waals surface area (Å²) in [5.74, 6) is 10.1. The van der Waals surface area contributed by atoms with Crippen LogP contribution in [0.15, 0.2) is 36.3 Å². The maximum absolute atomic E-state index is 11.8. The minimum absolute atomic E-state index is 0.236. The average molecular weight is 298 g/mol. The van der Waals surface area contributed by atoms with Gasteiger partial charge in [-0.2, -0.15) is 0 Å². The summed E-state index contributed by atoms with van der Waals surface area (Å²) in [6, 6.07) is 0. The van der Waals surface area contributed by atoms with Crippen molar-refractivity contribution in [1.82, 2.24) is 0 Å². The van der Waals surface area contributed by atoms with Gasteiger partial charge in [-0.1, -0.05) is 25.7 Å². The van der Waals surface area contributed by atoms with Crippen molar-refractivity contribution in [3.05, 3.63) is 36.3 Å². The van der Waals surface area contributed by atoms with Crippen LogP contribution in [0.1, 0.15) is 27.2 Å². The van der Waals surface area contributed by atoms with Gasteiger partial charge < -0.3 is 14.2 Å². The molecule has 22 heavy (non-hydrogen) atoms. The third kappa shape index (κ3) is 3.74. The van der Waals surface area contributed by atoms with Crippen molar-refractivity contribution >= 4 is 5.97 Å². The van der Waals surface area contributed by atoms with Crippen molar-refractivity contribution in [3.63, 3.8) is 0 Å². The fraction of sp³-hybridized carbons (Fsp3) is 0.389. The predicted molar refractivity (Wildman–Crippen MR) is 81.8 cm³/mol. The maximum Gasteiger partial charge on any atom is 0.312 e. The first kappa shape index (κ1) is 15.8. The van der Waals surface area contributed by atoms with Crippen molar-refractivity contribution in [3.8, 4) is 23.7 Å². The van der Waals surface area contributed by atoms with Crippen molar-refractivity contribution in [2.45, 2.75) is 39.1 Å². The standard InChI is InChI=1S/C18H18O4/c1-4-5-6-7-8-15-9-11-18(22-15)16(10-12-20-18)21-17(19)13-14(2)3/h8-12,14,16H,13H2,1-3H3/b15-8+/t16-,18+/m0/s1. The van der Waals surface area contributed by atoms with Gasteiger partial charge in [0, 0.05) is 18.6 Å². The molecule has 0 aromatic heterocycles. The number of esters is 1. The Balaban J connectivity index is 2.02. The third-order valence-corrected chi connectivity index (χ3v) is 2.97. The van der Waals surface area contributed by atoms with Crippen LogP contribution in [-0.4, -0.2) is 17.9 Å². The molecule has 4 nitrogen and oxygen atoms in total. The highest BCUT2D eigenvalue weighted by molar-refractivity contribution is 5.70. The molecule has 0 unspecified atom stereocenters. The highest BCUT2D eigenvalue weighted by atomic mass is 16.7. The molecule has 0 saturated carbocycles. The Labute approximate surface area is 130 Å². The Morgan fingerprint density at radius 3 is 3.05 bits per heavy atom. The second-order valence-corrected chi connectivity index (χ2v) is 5.30. The van der Waals surface area contributed by atoms with E-state index in [-0.39, 0.29) is 11.9 Å². The molecule has 0 bridgehead atoms. The Morgan fingerprint density at radius 2 is 2.32 bits per heavy atom. The molecule has 0 aromatic carbocycles. The van der Waals surface area contributed by atoms with Crippen molar-refractivity contribution in [2.24, 2.45) is 5.92 Å². The van der Waals surface area contributed by atoms with Crippen LogP contribution in [-0.2, 0) is 19.0 Å². The molecule has 2 heterocycles. The van der Waals surface area contributed by atoms with E-state index in [1.165, 1.54) is 6.26 Å². The van der Waals surface area contributed by atoms with Gasteiger partial charge in [-0.15, -0.1) is 0 Å². The van der Waals surface area contributed by atoms with E-state index in [1.807, 2.05) is 13.8 Å². The number of allylic oxidation sites excluding steroid dienone is 2. The first-order valence-electron chi connectivity index (χ1n) is 7.10. The van der Waals surface area contributed by atoms with Gasteiger partial charge in [-0.05, 0) is 36.8 Å². The van der Waals surface area contributed by atoms with Gasteiger partial charge in [0.05, 0.1) is 6.26 Å². The highest BCUT2D eigenvalue weighted by Crippen LogP contribution is 2.36. The van der Waals surface area contributed by atoms with E-state index in [2.05, 4.69) is 23.7 Å². The number of hydrogen-bond donors (Lipinski definition) is 0. The van der Waals surface area contributed by atoms with Crippen LogP contribution in [0.2, 0.25) is 0 Å². The molecule has 2 aliphatic heterocycles. The topological polar surface area (TPSA) is 44.8 Å². The smallest absolute Gasteiger partial charge is 0.312 e. The Hall–Kier alpha value is -2.59. The van der Waals surface area contributed by atoms with Crippen molar-refractivity contribution in [1.29, 1.82) is 0 Å². The quantitative estimate of drug-likeness (QED) is 0.593. The first-order chi connectivity index (χ1) is 10.6. The molecule has 0 amide bonds. The molecular formula is C18H18O4. The van der Waals surface area contributed by atoms with E-state index in [4.69, 9.17) is 14.2 Å². The molecule has 2 rings (SSSR count). The fourth-order valence-electron chi connectivity index (χ4n) is 2.01. The predicted octanol–water partition coefficient (Wildman–Crippen LogP) is 2.68. The summed E-state index contributed by atoms with van der Waals surface area (Å²) in [4.78, 5) is 11.8. The third-order valence-electron chi connectivity index (χ3n) is 2.97. The lowest BCUT2D eigenvalue weighted by atomic mass is 10.1. The SMILES string of the molecule is CC#CC#C/C=C1\C=C[C@@]2(OC=C[C@@H]2OC(=O)CC(C)C)O1. The van der Waals surface area contributed by atoms with Crippen molar-refractivity contribution < 1.29 is 19.0 Å². The molecule has 4 heteroatoms. The number of hydrogen-bond acceptors (Lipinski definition) is 4. The Kier molecular flexibility index (Phi) is 4.96. The Morgan fingerprint density at radius 1 is 1.50 bits per heavy atom. The normalized spacial score (nSPS) is 26.2. The summed E-state index contributed by atoms with van der Waals surface area (Å²) in [5.41, 5.74) is 0. The number of rotatable bonds is 3. The van der Waals surface area contributed by atoms with E-state index >= 15 is 0 Å². The molecule has 0 N–H and O–H groups in total. The van der Waals surface area contributed by atoms with Crippen LogP contribution in [0.25, 0.3) is 0 Å². The van der Waals surface area contributed by atoms with Gasteiger partial charge in [0.25, 0.3) is 0 Å². The zero-order valence-corrected chi connectivity index (χ0v) is 12.9. The van der Waals surface area contributed by atoms with Crippen molar-refractivity contribution in [2.75, 3.05) is 0 Å².